The molecule has 0 aromatic heterocycles. The summed E-state index contributed by atoms with van der Waals surface area (Å²) >= 11 is 0. The summed E-state index contributed by atoms with van der Waals surface area (Å²) in [6.07, 6.45) is 1.33. The van der Waals surface area contributed by atoms with Gasteiger partial charge in [-0.1, -0.05) is 48.0 Å². The number of hydrogen-bond acceptors (Lipinski definition) is 8. The molecule has 4 aromatic carbocycles. The highest BCUT2D eigenvalue weighted by molar-refractivity contribution is 7.92. The van der Waals surface area contributed by atoms with Gasteiger partial charge >= 0.3 is 0 Å². The number of nitro groups is 1. The lowest BCUT2D eigenvalue weighted by atomic mass is 10.2. The van der Waals surface area contributed by atoms with Crippen molar-refractivity contribution in [1.29, 1.82) is 0 Å². The fraction of sp³-hybridized carbons (Fsp3) is 0.100. The number of aryl methyl sites for hydroxylation is 1. The molecule has 2 amide bonds. The number of nitrogens with one attached hydrogen (secondary N) is 2. The number of hydrazone groups is 1. The predicted molar refractivity (Wildman–Crippen MR) is 162 cm³/mol. The van der Waals surface area contributed by atoms with E-state index < -0.39 is 33.1 Å². The SMILES string of the molecule is Cc1ccc(NC(=O)COc2ccc(/C=N\NC(=O)CN(c3ccccc3[N+](=O)[O-])S(=O)(=O)c3ccccc3)cc2)cc1. The van der Waals surface area contributed by atoms with Crippen molar-refractivity contribution < 1.29 is 27.7 Å². The van der Waals surface area contributed by atoms with Crippen molar-refractivity contribution >= 4 is 45.1 Å². The molecule has 0 atom stereocenters. The lowest BCUT2D eigenvalue weighted by Crippen LogP contribution is -2.39. The van der Waals surface area contributed by atoms with Gasteiger partial charge in [-0.15, -0.1) is 0 Å². The fourth-order valence-corrected chi connectivity index (χ4v) is 5.28. The largest absolute Gasteiger partial charge is 0.484 e. The van der Waals surface area contributed by atoms with Gasteiger partial charge in [-0.2, -0.15) is 5.10 Å². The van der Waals surface area contributed by atoms with Crippen LogP contribution in [0.3, 0.4) is 0 Å². The third-order valence-electron chi connectivity index (χ3n) is 5.95. The Morgan fingerprint density at radius 2 is 1.56 bits per heavy atom. The number of nitrogens with zero attached hydrogens (tertiary/aromatic N) is 3. The summed E-state index contributed by atoms with van der Waals surface area (Å²) in [6.45, 7) is 0.988. The van der Waals surface area contributed by atoms with Crippen molar-refractivity contribution in [2.45, 2.75) is 11.8 Å². The maximum absolute atomic E-state index is 13.4. The van der Waals surface area contributed by atoms with E-state index in [4.69, 9.17) is 4.74 Å². The molecule has 0 radical (unpaired) electrons. The topological polar surface area (TPSA) is 160 Å². The first-order valence-corrected chi connectivity index (χ1v) is 14.3. The van der Waals surface area contributed by atoms with Crippen LogP contribution >= 0.6 is 0 Å². The van der Waals surface area contributed by atoms with Crippen molar-refractivity contribution in [2.75, 3.05) is 22.8 Å². The van der Waals surface area contributed by atoms with Crippen molar-refractivity contribution in [1.82, 2.24) is 5.43 Å². The normalized spacial score (nSPS) is 11.1. The van der Waals surface area contributed by atoms with E-state index in [0.29, 0.717) is 21.3 Å². The Morgan fingerprint density at radius 3 is 2.23 bits per heavy atom. The molecule has 12 nitrogen and oxygen atoms in total. The Balaban J connectivity index is 1.38. The number of carbonyl (C=O) groups excluding carboxylic acids is 2. The van der Waals surface area contributed by atoms with E-state index in [1.165, 1.54) is 48.7 Å². The number of sulfonamides is 1. The zero-order chi connectivity index (χ0) is 30.8. The van der Waals surface area contributed by atoms with Gasteiger partial charge in [0.25, 0.3) is 27.5 Å². The summed E-state index contributed by atoms with van der Waals surface area (Å²) in [4.78, 5) is 35.7. The van der Waals surface area contributed by atoms with Gasteiger partial charge in [-0.3, -0.25) is 19.7 Å². The first-order chi connectivity index (χ1) is 20.6. The van der Waals surface area contributed by atoms with Gasteiger partial charge in [0.1, 0.15) is 18.0 Å². The predicted octanol–water partition coefficient (Wildman–Crippen LogP) is 4.27. The Kier molecular flexibility index (Phi) is 9.81. The standard InChI is InChI=1S/C30H27N5O7S/c1-22-11-15-24(16-12-22)32-30(37)21-42-25-17-13-23(14-18-25)19-31-33-29(36)20-34(27-9-5-6-10-28(27)35(38)39)43(40,41)26-7-3-2-4-8-26/h2-19H,20-21H2,1H3,(H,32,37)(H,33,36)/b31-19-. The number of benzene rings is 4. The average molecular weight is 602 g/mol. The van der Waals surface area contributed by atoms with Crippen LogP contribution in [0.4, 0.5) is 17.1 Å². The molecular formula is C30H27N5O7S. The van der Waals surface area contributed by atoms with Crippen molar-refractivity contribution in [3.8, 4) is 5.75 Å². The zero-order valence-electron chi connectivity index (χ0n) is 22.9. The quantitative estimate of drug-likeness (QED) is 0.139. The summed E-state index contributed by atoms with van der Waals surface area (Å²) in [5.74, 6) is -0.707. The highest BCUT2D eigenvalue weighted by Gasteiger charge is 2.31. The molecule has 43 heavy (non-hydrogen) atoms. The van der Waals surface area contributed by atoms with Crippen LogP contribution in [-0.4, -0.2) is 44.5 Å². The third-order valence-corrected chi connectivity index (χ3v) is 7.73. The summed E-state index contributed by atoms with van der Waals surface area (Å²) in [7, 11) is -4.34. The lowest BCUT2D eigenvalue weighted by molar-refractivity contribution is -0.384. The van der Waals surface area contributed by atoms with Crippen LogP contribution in [-0.2, 0) is 19.6 Å². The maximum Gasteiger partial charge on any atom is 0.293 e. The van der Waals surface area contributed by atoms with E-state index in [2.05, 4.69) is 15.8 Å². The van der Waals surface area contributed by atoms with Crippen LogP contribution in [0.25, 0.3) is 0 Å². The number of rotatable bonds is 12. The molecule has 0 spiro atoms. The van der Waals surface area contributed by atoms with Crippen LogP contribution in [0.15, 0.2) is 113 Å². The van der Waals surface area contributed by atoms with Crippen LogP contribution < -0.4 is 19.8 Å². The molecule has 0 aliphatic heterocycles. The Labute approximate surface area is 247 Å². The van der Waals surface area contributed by atoms with Gasteiger partial charge in [-0.05, 0) is 67.1 Å². The first-order valence-electron chi connectivity index (χ1n) is 12.9. The van der Waals surface area contributed by atoms with Gasteiger partial charge in [0.05, 0.1) is 16.0 Å². The molecule has 13 heteroatoms. The molecule has 0 saturated heterocycles. The third kappa shape index (κ3) is 8.24. The number of nitro benzene ring substituents is 1. The Morgan fingerprint density at radius 1 is 0.907 bits per heavy atom. The van der Waals surface area contributed by atoms with E-state index in [0.717, 1.165) is 11.6 Å². The van der Waals surface area contributed by atoms with Gasteiger partial charge in [0.2, 0.25) is 0 Å². The molecule has 2 N–H and O–H groups in total. The van der Waals surface area contributed by atoms with Crippen LogP contribution in [0, 0.1) is 17.0 Å². The molecular weight excluding hydrogens is 574 g/mol. The summed E-state index contributed by atoms with van der Waals surface area (Å²) in [5, 5.41) is 18.2. The van der Waals surface area contributed by atoms with Gasteiger partial charge in [0.15, 0.2) is 6.61 Å². The molecule has 220 valence electrons. The van der Waals surface area contributed by atoms with Gasteiger partial charge in [0, 0.05) is 11.8 Å². The molecule has 0 fully saturated rings. The summed E-state index contributed by atoms with van der Waals surface area (Å²) in [5.41, 5.74) is 3.83. The molecule has 0 saturated carbocycles. The van der Waals surface area contributed by atoms with Gasteiger partial charge < -0.3 is 10.1 Å². The molecule has 0 aliphatic rings. The van der Waals surface area contributed by atoms with Crippen LogP contribution in [0.1, 0.15) is 11.1 Å². The van der Waals surface area contributed by atoms with Crippen molar-refractivity contribution in [3.63, 3.8) is 0 Å². The number of hydrogen-bond donors (Lipinski definition) is 2. The van der Waals surface area contributed by atoms with E-state index in [1.807, 2.05) is 19.1 Å². The smallest absolute Gasteiger partial charge is 0.293 e. The average Bonchev–Trinajstić information content (AvgIpc) is 3.01. The monoisotopic (exact) mass is 601 g/mol. The van der Waals surface area contributed by atoms with Gasteiger partial charge in [-0.25, -0.2) is 18.1 Å². The second kappa shape index (κ2) is 13.9. The minimum Gasteiger partial charge on any atom is -0.484 e. The fourth-order valence-electron chi connectivity index (χ4n) is 3.83. The molecule has 4 rings (SSSR count). The Hall–Kier alpha value is -5.56. The number of anilines is 2. The van der Waals surface area contributed by atoms with E-state index in [9.17, 15) is 28.1 Å². The lowest BCUT2D eigenvalue weighted by Gasteiger charge is -2.23. The van der Waals surface area contributed by atoms with Crippen LogP contribution in [0.5, 0.6) is 5.75 Å². The summed E-state index contributed by atoms with van der Waals surface area (Å²) < 4.78 is 33.0. The second-order valence-electron chi connectivity index (χ2n) is 9.14. The number of amides is 2. The van der Waals surface area contributed by atoms with E-state index in [1.54, 1.807) is 42.5 Å². The molecule has 0 unspecified atom stereocenters. The van der Waals surface area contributed by atoms with E-state index >= 15 is 0 Å². The van der Waals surface area contributed by atoms with Crippen molar-refractivity contribution in [2.24, 2.45) is 5.10 Å². The zero-order valence-corrected chi connectivity index (χ0v) is 23.7. The number of carbonyl (C=O) groups is 2. The Bertz CT molecular complexity index is 1730. The minimum atomic E-state index is -4.34. The minimum absolute atomic E-state index is 0.139. The number of ether oxygens (including phenoxy) is 1. The molecule has 0 bridgehead atoms. The maximum atomic E-state index is 13.4. The molecule has 0 aliphatic carbocycles. The second-order valence-corrected chi connectivity index (χ2v) is 11.0. The highest BCUT2D eigenvalue weighted by atomic mass is 32.2. The first kappa shape index (κ1) is 30.4. The molecule has 4 aromatic rings. The summed E-state index contributed by atoms with van der Waals surface area (Å²) in [6, 6.07) is 26.4. The van der Waals surface area contributed by atoms with E-state index in [-0.39, 0.29) is 23.1 Å². The highest BCUT2D eigenvalue weighted by Crippen LogP contribution is 2.31. The van der Waals surface area contributed by atoms with Crippen molar-refractivity contribution in [3.05, 3.63) is 124 Å². The molecule has 0 heterocycles. The number of para-hydroxylation sites is 2. The van der Waals surface area contributed by atoms with Crippen LogP contribution in [0.2, 0.25) is 0 Å².